The number of anilines is 1. The molecule has 6 N–H and O–H groups in total. The average Bonchev–Trinajstić information content (AvgIpc) is 2.98. The summed E-state index contributed by atoms with van der Waals surface area (Å²) < 4.78 is 0. The minimum atomic E-state index is -0.647. The van der Waals surface area contributed by atoms with Crippen molar-refractivity contribution >= 4 is 28.6 Å². The first-order chi connectivity index (χ1) is 12.0. The molecule has 8 nitrogen and oxygen atoms in total. The van der Waals surface area contributed by atoms with Gasteiger partial charge in [-0.25, -0.2) is 9.98 Å². The number of aliphatic hydroxyl groups excluding tert-OH is 1. The van der Waals surface area contributed by atoms with E-state index in [1.807, 2.05) is 23.1 Å². The van der Waals surface area contributed by atoms with Crippen LogP contribution >= 0.6 is 0 Å². The van der Waals surface area contributed by atoms with Gasteiger partial charge in [0, 0.05) is 5.69 Å². The monoisotopic (exact) mass is 341 g/mol. The summed E-state index contributed by atoms with van der Waals surface area (Å²) in [5, 5.41) is 9.74. The second-order valence-electron chi connectivity index (χ2n) is 6.82. The van der Waals surface area contributed by atoms with Crippen LogP contribution in [0.5, 0.6) is 0 Å². The summed E-state index contributed by atoms with van der Waals surface area (Å²) in [6.07, 6.45) is 4.50. The number of rotatable bonds is 2. The number of aliphatic imine (C=N–C) groups is 2. The molecule has 1 aromatic carbocycles. The van der Waals surface area contributed by atoms with Gasteiger partial charge < -0.3 is 21.6 Å². The molecule has 25 heavy (non-hydrogen) atoms. The Morgan fingerprint density at radius 1 is 1.24 bits per heavy atom. The number of aromatic amines is 1. The fourth-order valence-electron chi connectivity index (χ4n) is 3.85. The van der Waals surface area contributed by atoms with E-state index in [-0.39, 0.29) is 5.96 Å². The van der Waals surface area contributed by atoms with E-state index >= 15 is 0 Å². The highest BCUT2D eigenvalue weighted by Gasteiger charge is 2.42. The zero-order valence-corrected chi connectivity index (χ0v) is 14.2. The standard InChI is InChI=1S/C17H23N7O/c1-10(25)14-20-12-6-5-11(9-13(12)21-14)24-16(19)22-15(18)23-17(24)7-3-2-4-8-17/h5-6,9-10,25H,2-4,7-8H2,1H3,(H,20,21)(H4,18,19,22,23). The average molecular weight is 341 g/mol. The highest BCUT2D eigenvalue weighted by molar-refractivity contribution is 6.06. The number of hydrogen-bond donors (Lipinski definition) is 4. The Morgan fingerprint density at radius 2 is 2.00 bits per heavy atom. The second kappa shape index (κ2) is 5.73. The van der Waals surface area contributed by atoms with E-state index in [0.29, 0.717) is 11.8 Å². The Morgan fingerprint density at radius 3 is 2.72 bits per heavy atom. The van der Waals surface area contributed by atoms with Crippen molar-refractivity contribution in [2.75, 3.05) is 4.90 Å². The summed E-state index contributed by atoms with van der Waals surface area (Å²) in [5.74, 6) is 1.15. The van der Waals surface area contributed by atoms with Crippen LogP contribution < -0.4 is 16.4 Å². The molecule has 0 bridgehead atoms. The molecule has 1 aliphatic heterocycles. The molecule has 0 amide bonds. The van der Waals surface area contributed by atoms with Crippen LogP contribution in [-0.4, -0.2) is 32.7 Å². The molecule has 1 aromatic heterocycles. The number of nitrogens with two attached hydrogens (primary N) is 2. The number of imidazole rings is 1. The maximum atomic E-state index is 9.74. The molecule has 2 aliphatic rings. The second-order valence-corrected chi connectivity index (χ2v) is 6.82. The molecule has 2 aromatic rings. The number of nitrogens with zero attached hydrogens (tertiary/aromatic N) is 4. The maximum absolute atomic E-state index is 9.74. The van der Waals surface area contributed by atoms with E-state index in [1.54, 1.807) is 6.92 Å². The molecule has 1 fully saturated rings. The first-order valence-electron chi connectivity index (χ1n) is 8.66. The topological polar surface area (TPSA) is 129 Å². The highest BCUT2D eigenvalue weighted by atomic mass is 16.3. The zero-order valence-electron chi connectivity index (χ0n) is 14.2. The van der Waals surface area contributed by atoms with Gasteiger partial charge in [0.2, 0.25) is 11.9 Å². The smallest absolute Gasteiger partial charge is 0.220 e. The predicted molar refractivity (Wildman–Crippen MR) is 98.3 cm³/mol. The van der Waals surface area contributed by atoms with Crippen molar-refractivity contribution in [2.45, 2.75) is 50.8 Å². The Bertz CT molecular complexity index is 861. The van der Waals surface area contributed by atoms with Gasteiger partial charge in [0.1, 0.15) is 17.6 Å². The van der Waals surface area contributed by atoms with Crippen LogP contribution in [0, 0.1) is 0 Å². The summed E-state index contributed by atoms with van der Waals surface area (Å²) in [5.41, 5.74) is 14.2. The Hall–Kier alpha value is -2.61. The predicted octanol–water partition coefficient (Wildman–Crippen LogP) is 1.73. The van der Waals surface area contributed by atoms with Gasteiger partial charge in [0.25, 0.3) is 0 Å². The van der Waals surface area contributed by atoms with E-state index in [9.17, 15) is 5.11 Å². The maximum Gasteiger partial charge on any atom is 0.220 e. The van der Waals surface area contributed by atoms with Crippen LogP contribution in [0.1, 0.15) is 51.0 Å². The van der Waals surface area contributed by atoms with Crippen LogP contribution in [0.4, 0.5) is 5.69 Å². The van der Waals surface area contributed by atoms with Crippen molar-refractivity contribution in [3.8, 4) is 0 Å². The summed E-state index contributed by atoms with van der Waals surface area (Å²) >= 11 is 0. The third kappa shape index (κ3) is 2.62. The van der Waals surface area contributed by atoms with E-state index < -0.39 is 11.8 Å². The number of H-pyrrole nitrogens is 1. The highest BCUT2D eigenvalue weighted by Crippen LogP contribution is 2.40. The fraction of sp³-hybridized carbons (Fsp3) is 0.471. The zero-order chi connectivity index (χ0) is 17.6. The summed E-state index contributed by atoms with van der Waals surface area (Å²) in [4.78, 5) is 18.4. The van der Waals surface area contributed by atoms with Gasteiger partial charge in [-0.1, -0.05) is 6.42 Å². The summed E-state index contributed by atoms with van der Waals surface area (Å²) in [7, 11) is 0. The minimum absolute atomic E-state index is 0.245. The molecule has 1 atom stereocenters. The molecule has 0 radical (unpaired) electrons. The van der Waals surface area contributed by atoms with Gasteiger partial charge in [0.05, 0.1) is 11.0 Å². The lowest BCUT2D eigenvalue weighted by atomic mass is 9.87. The first-order valence-corrected chi connectivity index (χ1v) is 8.66. The normalized spacial score (nSPS) is 21.3. The fourth-order valence-corrected chi connectivity index (χ4v) is 3.85. The molecular weight excluding hydrogens is 318 g/mol. The molecule has 1 unspecified atom stereocenters. The van der Waals surface area contributed by atoms with Crippen molar-refractivity contribution in [1.29, 1.82) is 0 Å². The van der Waals surface area contributed by atoms with E-state index in [2.05, 4.69) is 20.0 Å². The van der Waals surface area contributed by atoms with E-state index in [4.69, 9.17) is 11.5 Å². The minimum Gasteiger partial charge on any atom is -0.385 e. The lowest BCUT2D eigenvalue weighted by molar-refractivity contribution is 0.190. The van der Waals surface area contributed by atoms with Gasteiger partial charge in [0.15, 0.2) is 0 Å². The van der Waals surface area contributed by atoms with Crippen LogP contribution in [0.15, 0.2) is 28.2 Å². The van der Waals surface area contributed by atoms with Crippen molar-refractivity contribution in [1.82, 2.24) is 9.97 Å². The van der Waals surface area contributed by atoms with Crippen molar-refractivity contribution in [3.63, 3.8) is 0 Å². The molecule has 1 spiro atoms. The Labute approximate surface area is 145 Å². The number of guanidine groups is 2. The van der Waals surface area contributed by atoms with Gasteiger partial charge in [-0.15, -0.1) is 0 Å². The van der Waals surface area contributed by atoms with Gasteiger partial charge >= 0.3 is 0 Å². The molecule has 1 aliphatic carbocycles. The lowest BCUT2D eigenvalue weighted by Crippen LogP contribution is -2.58. The largest absolute Gasteiger partial charge is 0.385 e. The molecular formula is C17H23N7O. The molecule has 4 rings (SSSR count). The molecule has 0 saturated heterocycles. The van der Waals surface area contributed by atoms with Crippen molar-refractivity contribution < 1.29 is 5.11 Å². The van der Waals surface area contributed by atoms with Crippen molar-refractivity contribution in [2.24, 2.45) is 21.5 Å². The molecule has 132 valence electrons. The van der Waals surface area contributed by atoms with Crippen LogP contribution in [-0.2, 0) is 0 Å². The van der Waals surface area contributed by atoms with E-state index in [0.717, 1.165) is 42.4 Å². The van der Waals surface area contributed by atoms with Crippen molar-refractivity contribution in [3.05, 3.63) is 24.0 Å². The van der Waals surface area contributed by atoms with Gasteiger partial charge in [-0.3, -0.25) is 4.90 Å². The third-order valence-corrected chi connectivity index (χ3v) is 4.99. The molecule has 1 saturated carbocycles. The lowest BCUT2D eigenvalue weighted by Gasteiger charge is -2.45. The van der Waals surface area contributed by atoms with Crippen LogP contribution in [0.25, 0.3) is 11.0 Å². The summed E-state index contributed by atoms with van der Waals surface area (Å²) in [6.45, 7) is 1.68. The van der Waals surface area contributed by atoms with Crippen LogP contribution in [0.2, 0.25) is 0 Å². The van der Waals surface area contributed by atoms with E-state index in [1.165, 1.54) is 6.42 Å². The number of fused-ring (bicyclic) bond motifs is 1. The Kier molecular flexibility index (Phi) is 3.64. The summed E-state index contributed by atoms with van der Waals surface area (Å²) in [6, 6.07) is 5.85. The number of hydrogen-bond acceptors (Lipinski definition) is 7. The quantitative estimate of drug-likeness (QED) is 0.661. The number of aromatic nitrogens is 2. The number of aliphatic hydroxyl groups is 1. The third-order valence-electron chi connectivity index (χ3n) is 4.99. The first kappa shape index (κ1) is 15.9. The number of benzene rings is 1. The molecule has 2 heterocycles. The molecule has 8 heteroatoms. The number of nitrogens with one attached hydrogen (secondary N) is 1. The van der Waals surface area contributed by atoms with Crippen LogP contribution in [0.3, 0.4) is 0 Å². The SMILES string of the molecule is CC(O)c1nc2ccc(N3C(N)=NC(N)=NC34CCCCC4)cc2[nH]1. The van der Waals surface area contributed by atoms with Gasteiger partial charge in [-0.05, 0) is 50.8 Å². The van der Waals surface area contributed by atoms with Gasteiger partial charge in [-0.2, -0.15) is 4.99 Å². The Balaban J connectivity index is 1.80.